The lowest BCUT2D eigenvalue weighted by molar-refractivity contribution is 0.440. The van der Waals surface area contributed by atoms with Crippen molar-refractivity contribution in [2.24, 2.45) is 0 Å². The fraction of sp³-hybridized carbons (Fsp3) is 0. The maximum absolute atomic E-state index is 6.89. The second-order valence-electron chi connectivity index (χ2n) is 16.0. The van der Waals surface area contributed by atoms with Gasteiger partial charge in [-0.1, -0.05) is 140 Å². The fourth-order valence-corrected chi connectivity index (χ4v) is 13.7. The summed E-state index contributed by atoms with van der Waals surface area (Å²) in [5, 5.41) is 2.47. The number of ether oxygens (including phenoxy) is 2. The summed E-state index contributed by atoms with van der Waals surface area (Å²) >= 11 is 0. The molecular formula is C57H36N4O2S. The zero-order valence-corrected chi connectivity index (χ0v) is 35.1. The Labute approximate surface area is 371 Å². The van der Waals surface area contributed by atoms with Crippen LogP contribution in [0.2, 0.25) is 0 Å². The van der Waals surface area contributed by atoms with Gasteiger partial charge in [0.15, 0.2) is 17.5 Å². The second kappa shape index (κ2) is 14.4. The van der Waals surface area contributed by atoms with Crippen LogP contribution in [0.1, 0.15) is 0 Å². The van der Waals surface area contributed by atoms with Crippen molar-refractivity contribution >= 4 is 31.8 Å². The molecule has 11 aromatic rings. The molecule has 0 bridgehead atoms. The summed E-state index contributed by atoms with van der Waals surface area (Å²) in [4.78, 5) is 19.7. The molecule has 6 nitrogen and oxygen atoms in total. The minimum atomic E-state index is -2.26. The van der Waals surface area contributed by atoms with Gasteiger partial charge in [-0.3, -0.25) is 0 Å². The standard InChI is InChI=1S/C57H36N4O2S/c1-3-16-37(17-4-1)55-58-56(38-18-5-2-6-19-38)60-57(59-55)41-31-33-50-54(36-41)64(52-29-14-12-27-48(52)63-50)51-28-13-11-26-47(51)62-49-32-30-40(35-53(49)64)39-20-15-21-42(34-39)61-45-24-9-7-22-43(45)44-23-8-10-25-46(44)61/h1-36H. The summed E-state index contributed by atoms with van der Waals surface area (Å²) in [7, 11) is -2.26. The van der Waals surface area contributed by atoms with Crippen molar-refractivity contribution in [3.8, 4) is 74.0 Å². The molecule has 9 aromatic carbocycles. The molecule has 0 amide bonds. The summed E-state index contributed by atoms with van der Waals surface area (Å²) in [5.41, 5.74) is 8.36. The van der Waals surface area contributed by atoms with Gasteiger partial charge in [0.25, 0.3) is 0 Å². The van der Waals surface area contributed by atoms with E-state index < -0.39 is 10.0 Å². The SMILES string of the molecule is c1ccc(-c2nc(-c3ccccc3)nc(-c3ccc4c(c3)S3(c5ccccc5Oc5ccc(-c6cccc(-n7c8ccccc8c8ccccc87)c6)cc53)c3ccccc3O4)n2)cc1. The Morgan fingerprint density at radius 2 is 0.734 bits per heavy atom. The molecule has 7 heteroatoms. The van der Waals surface area contributed by atoms with Crippen molar-refractivity contribution in [1.82, 2.24) is 19.5 Å². The number of benzene rings is 9. The van der Waals surface area contributed by atoms with Crippen LogP contribution in [0.25, 0.3) is 72.8 Å². The van der Waals surface area contributed by atoms with Crippen molar-refractivity contribution < 1.29 is 9.47 Å². The van der Waals surface area contributed by atoms with Crippen LogP contribution < -0.4 is 9.47 Å². The molecule has 4 heterocycles. The van der Waals surface area contributed by atoms with Gasteiger partial charge in [-0.05, 0) is 90.0 Å². The number of rotatable bonds is 5. The zero-order valence-electron chi connectivity index (χ0n) is 34.3. The third-order valence-electron chi connectivity index (χ3n) is 12.3. The van der Waals surface area contributed by atoms with Crippen LogP contribution >= 0.6 is 10.0 Å². The molecule has 1 atom stereocenters. The van der Waals surface area contributed by atoms with E-state index in [-0.39, 0.29) is 0 Å². The average Bonchev–Trinajstić information content (AvgIpc) is 3.71. The van der Waals surface area contributed by atoms with E-state index in [4.69, 9.17) is 24.4 Å². The highest BCUT2D eigenvalue weighted by Gasteiger charge is 2.47. The van der Waals surface area contributed by atoms with Crippen molar-refractivity contribution in [2.75, 3.05) is 0 Å². The molecule has 64 heavy (non-hydrogen) atoms. The van der Waals surface area contributed by atoms with E-state index in [2.05, 4.69) is 162 Å². The maximum Gasteiger partial charge on any atom is 0.164 e. The highest BCUT2D eigenvalue weighted by Crippen LogP contribution is 2.83. The minimum absolute atomic E-state index is 0.583. The fourth-order valence-electron chi connectivity index (χ4n) is 9.47. The average molecular weight is 841 g/mol. The molecular weight excluding hydrogens is 805 g/mol. The molecule has 13 rings (SSSR count). The summed E-state index contributed by atoms with van der Waals surface area (Å²) in [6.07, 6.45) is 0. The van der Waals surface area contributed by atoms with E-state index >= 15 is 0 Å². The second-order valence-corrected chi connectivity index (χ2v) is 19.0. The summed E-state index contributed by atoms with van der Waals surface area (Å²) in [5.74, 6) is 5.08. The van der Waals surface area contributed by atoms with Gasteiger partial charge < -0.3 is 14.0 Å². The van der Waals surface area contributed by atoms with Crippen molar-refractivity contribution in [3.05, 3.63) is 218 Å². The van der Waals surface area contributed by atoms with Crippen LogP contribution in [0.15, 0.2) is 238 Å². The van der Waals surface area contributed by atoms with Crippen molar-refractivity contribution in [3.63, 3.8) is 0 Å². The third-order valence-corrected chi connectivity index (χ3v) is 16.3. The number of hydrogen-bond donors (Lipinski definition) is 0. The Morgan fingerprint density at radius 1 is 0.312 bits per heavy atom. The number of fused-ring (bicyclic) bond motifs is 11. The summed E-state index contributed by atoms with van der Waals surface area (Å²) < 4.78 is 16.1. The van der Waals surface area contributed by atoms with Crippen molar-refractivity contribution in [2.45, 2.75) is 19.6 Å². The molecule has 0 saturated heterocycles. The van der Waals surface area contributed by atoms with Gasteiger partial charge in [0.2, 0.25) is 0 Å². The van der Waals surface area contributed by atoms with E-state index in [1.165, 1.54) is 21.8 Å². The normalized spacial score (nSPS) is 15.6. The van der Waals surface area contributed by atoms with Gasteiger partial charge in [-0.2, -0.15) is 0 Å². The molecule has 0 radical (unpaired) electrons. The van der Waals surface area contributed by atoms with Crippen LogP contribution in [0, 0.1) is 0 Å². The van der Waals surface area contributed by atoms with E-state index in [0.717, 1.165) is 76.1 Å². The van der Waals surface area contributed by atoms with Crippen LogP contribution in [-0.2, 0) is 0 Å². The Hall–Kier alpha value is -8.26. The number of para-hydroxylation sites is 4. The largest absolute Gasteiger partial charge is 0.455 e. The highest BCUT2D eigenvalue weighted by molar-refractivity contribution is 8.34. The number of nitrogens with zero attached hydrogens (tertiary/aromatic N) is 4. The molecule has 2 aliphatic rings. The van der Waals surface area contributed by atoms with Crippen LogP contribution in [0.5, 0.6) is 23.0 Å². The number of aromatic nitrogens is 4. The van der Waals surface area contributed by atoms with Crippen LogP contribution in [0.4, 0.5) is 0 Å². The maximum atomic E-state index is 6.89. The first-order chi connectivity index (χ1) is 31.7. The molecule has 1 spiro atoms. The molecule has 0 fully saturated rings. The molecule has 0 saturated carbocycles. The predicted molar refractivity (Wildman–Crippen MR) is 256 cm³/mol. The van der Waals surface area contributed by atoms with Gasteiger partial charge in [-0.25, -0.2) is 15.0 Å². The summed E-state index contributed by atoms with van der Waals surface area (Å²) in [6, 6.07) is 76.4. The van der Waals surface area contributed by atoms with Gasteiger partial charge in [-0.15, -0.1) is 10.0 Å². The molecule has 1 unspecified atom stereocenters. The van der Waals surface area contributed by atoms with Crippen molar-refractivity contribution in [1.29, 1.82) is 0 Å². The molecule has 0 aliphatic carbocycles. The molecule has 302 valence electrons. The Bertz CT molecular complexity index is 3490. The Balaban J connectivity index is 1.04. The van der Waals surface area contributed by atoms with E-state index in [9.17, 15) is 0 Å². The smallest absolute Gasteiger partial charge is 0.164 e. The molecule has 0 N–H and O–H groups in total. The van der Waals surface area contributed by atoms with Gasteiger partial charge in [0.05, 0.1) is 11.0 Å². The zero-order chi connectivity index (χ0) is 42.2. The topological polar surface area (TPSA) is 62.1 Å². The van der Waals surface area contributed by atoms with Gasteiger partial charge in [0, 0.05) is 52.7 Å². The minimum Gasteiger partial charge on any atom is -0.455 e. The number of hydrogen-bond acceptors (Lipinski definition) is 5. The quantitative estimate of drug-likeness (QED) is 0.173. The monoisotopic (exact) mass is 840 g/mol. The van der Waals surface area contributed by atoms with Gasteiger partial charge >= 0.3 is 0 Å². The van der Waals surface area contributed by atoms with E-state index in [1.54, 1.807) is 0 Å². The lowest BCUT2D eigenvalue weighted by Gasteiger charge is -2.48. The lowest BCUT2D eigenvalue weighted by Crippen LogP contribution is -2.16. The first kappa shape index (κ1) is 36.4. The highest BCUT2D eigenvalue weighted by atomic mass is 32.3. The van der Waals surface area contributed by atoms with Crippen LogP contribution in [-0.4, -0.2) is 19.5 Å². The van der Waals surface area contributed by atoms with E-state index in [1.807, 2.05) is 60.7 Å². The van der Waals surface area contributed by atoms with Gasteiger partial charge in [0.1, 0.15) is 23.0 Å². The van der Waals surface area contributed by atoms with E-state index in [0.29, 0.717) is 17.5 Å². The van der Waals surface area contributed by atoms with Crippen LogP contribution in [0.3, 0.4) is 0 Å². The predicted octanol–water partition coefficient (Wildman–Crippen LogP) is 15.2. The first-order valence-electron chi connectivity index (χ1n) is 21.3. The first-order valence-corrected chi connectivity index (χ1v) is 23.0. The Morgan fingerprint density at radius 3 is 1.31 bits per heavy atom. The molecule has 2 aromatic heterocycles. The lowest BCUT2D eigenvalue weighted by atomic mass is 10.0. The third kappa shape index (κ3) is 5.58. The molecule has 2 aliphatic heterocycles. The summed E-state index contributed by atoms with van der Waals surface area (Å²) in [6.45, 7) is 0. The Kier molecular flexibility index (Phi) is 8.20.